The third-order valence-corrected chi connectivity index (χ3v) is 4.11. The average molecular weight is 266 g/mol. The van der Waals surface area contributed by atoms with Gasteiger partial charge in [0.15, 0.2) is 0 Å². The van der Waals surface area contributed by atoms with Crippen molar-refractivity contribution >= 4 is 22.2 Å². The summed E-state index contributed by atoms with van der Waals surface area (Å²) in [5.41, 5.74) is 1.79. The molecule has 0 radical (unpaired) electrons. The Morgan fingerprint density at radius 3 is 2.72 bits per heavy atom. The highest BCUT2D eigenvalue weighted by atomic mass is 32.2. The molecule has 1 unspecified atom stereocenters. The van der Waals surface area contributed by atoms with Crippen LogP contribution in [0.1, 0.15) is 25.7 Å². The second kappa shape index (κ2) is 6.78. The topological polar surface area (TPSA) is 72.0 Å². The zero-order chi connectivity index (χ0) is 12.8. The smallest absolute Gasteiger partial charge is 0.321 e. The van der Waals surface area contributed by atoms with E-state index in [9.17, 15) is 4.55 Å². The summed E-state index contributed by atoms with van der Waals surface area (Å²) in [6, 6.07) is 7.70. The molecule has 18 heavy (non-hydrogen) atoms. The minimum absolute atomic E-state index is 0.243. The van der Waals surface area contributed by atoms with Crippen LogP contribution in [0, 0.1) is 0 Å². The van der Waals surface area contributed by atoms with Crippen LogP contribution in [0.3, 0.4) is 0 Å². The molecule has 2 N–H and O–H groups in total. The maximum atomic E-state index is 12.0. The van der Waals surface area contributed by atoms with Gasteiger partial charge in [0, 0.05) is 17.8 Å². The second-order valence-corrected chi connectivity index (χ2v) is 5.73. The van der Waals surface area contributed by atoms with Crippen LogP contribution >= 0.6 is 0 Å². The van der Waals surface area contributed by atoms with Crippen molar-refractivity contribution in [3.63, 3.8) is 0 Å². The van der Waals surface area contributed by atoms with E-state index in [0.29, 0.717) is 10.9 Å². The highest BCUT2D eigenvalue weighted by Crippen LogP contribution is 2.16. The van der Waals surface area contributed by atoms with Crippen molar-refractivity contribution < 1.29 is 9.66 Å². The van der Waals surface area contributed by atoms with E-state index in [2.05, 4.69) is 9.97 Å². The van der Waals surface area contributed by atoms with E-state index in [1.165, 1.54) is 0 Å². The first kappa shape index (κ1) is 13.4. The molecule has 0 fully saturated rings. The molecule has 1 atom stereocenters. The molecule has 2 aromatic rings. The molecule has 0 amide bonds. The van der Waals surface area contributed by atoms with Gasteiger partial charge in [-0.25, -0.2) is 0 Å². The summed E-state index contributed by atoms with van der Waals surface area (Å²) in [7, 11) is 0. The molecule has 5 heteroatoms. The molecule has 0 spiro atoms. The van der Waals surface area contributed by atoms with Gasteiger partial charge in [0.1, 0.15) is 5.75 Å². The minimum Gasteiger partial charge on any atom is -0.609 e. The number of aromatic nitrogens is 2. The predicted molar refractivity (Wildman–Crippen MR) is 72.9 cm³/mol. The van der Waals surface area contributed by atoms with Crippen molar-refractivity contribution in [1.29, 1.82) is 0 Å². The van der Waals surface area contributed by atoms with E-state index in [1.54, 1.807) is 0 Å². The number of hydrogen-bond donors (Lipinski definition) is 2. The van der Waals surface area contributed by atoms with Gasteiger partial charge in [0.25, 0.3) is 0 Å². The molecule has 0 saturated heterocycles. The number of fused-ring (bicyclic) bond motifs is 1. The number of hydrogen-bond acceptors (Lipinski definition) is 3. The monoisotopic (exact) mass is 266 g/mol. The molecular formula is C13H18N2O2S. The lowest BCUT2D eigenvalue weighted by Crippen LogP contribution is -2.08. The van der Waals surface area contributed by atoms with Crippen molar-refractivity contribution in [1.82, 2.24) is 9.97 Å². The number of aliphatic hydroxyl groups excluding tert-OH is 1. The van der Waals surface area contributed by atoms with Crippen molar-refractivity contribution in [2.75, 3.05) is 12.4 Å². The summed E-state index contributed by atoms with van der Waals surface area (Å²) in [5.74, 6) is 0.630. The van der Waals surface area contributed by atoms with E-state index in [0.717, 1.165) is 36.7 Å². The first-order chi connectivity index (χ1) is 8.81. The Morgan fingerprint density at radius 1 is 1.17 bits per heavy atom. The van der Waals surface area contributed by atoms with Crippen molar-refractivity contribution in [3.05, 3.63) is 24.3 Å². The first-order valence-corrected chi connectivity index (χ1v) is 7.57. The molecule has 0 bridgehead atoms. The summed E-state index contributed by atoms with van der Waals surface area (Å²) >= 11 is -1.05. The Labute approximate surface area is 110 Å². The number of imidazole rings is 1. The quantitative estimate of drug-likeness (QED) is 0.596. The lowest BCUT2D eigenvalue weighted by molar-refractivity contribution is 0.283. The van der Waals surface area contributed by atoms with Crippen LogP contribution in [0.15, 0.2) is 29.4 Å². The van der Waals surface area contributed by atoms with Gasteiger partial charge >= 0.3 is 5.16 Å². The number of benzene rings is 1. The highest BCUT2D eigenvalue weighted by molar-refractivity contribution is 7.91. The van der Waals surface area contributed by atoms with Gasteiger partial charge < -0.3 is 9.66 Å². The number of aliphatic hydroxyl groups is 1. The maximum Gasteiger partial charge on any atom is 0.321 e. The molecule has 2 rings (SSSR count). The summed E-state index contributed by atoms with van der Waals surface area (Å²) < 4.78 is 12.0. The van der Waals surface area contributed by atoms with Crippen molar-refractivity contribution in [3.8, 4) is 0 Å². The number of H-pyrrole nitrogens is 1. The lowest BCUT2D eigenvalue weighted by Gasteiger charge is -2.06. The van der Waals surface area contributed by atoms with Crippen LogP contribution in [0.2, 0.25) is 0 Å². The number of para-hydroxylation sites is 2. The Hall–Kier alpha value is -1.04. The zero-order valence-corrected chi connectivity index (χ0v) is 11.1. The fourth-order valence-corrected chi connectivity index (χ4v) is 2.92. The summed E-state index contributed by atoms with van der Waals surface area (Å²) in [6.45, 7) is 0.243. The molecule has 1 aromatic carbocycles. The first-order valence-electron chi connectivity index (χ1n) is 6.25. The van der Waals surface area contributed by atoms with Gasteiger partial charge in [0.2, 0.25) is 0 Å². The SMILES string of the molecule is [O-][S+](CCCCCCO)c1nc2ccccc2[nH]1. The lowest BCUT2D eigenvalue weighted by atomic mass is 10.2. The number of unbranched alkanes of at least 4 members (excludes halogenated alkanes) is 3. The van der Waals surface area contributed by atoms with Crippen LogP contribution in [-0.4, -0.2) is 32.0 Å². The third-order valence-electron chi connectivity index (χ3n) is 2.82. The molecule has 1 aromatic heterocycles. The average Bonchev–Trinajstić information content (AvgIpc) is 2.82. The van der Waals surface area contributed by atoms with Crippen molar-refractivity contribution in [2.24, 2.45) is 0 Å². The summed E-state index contributed by atoms with van der Waals surface area (Å²) in [5, 5.41) is 9.23. The number of aromatic amines is 1. The molecule has 1 heterocycles. The summed E-state index contributed by atoms with van der Waals surface area (Å²) in [6.07, 6.45) is 3.74. The highest BCUT2D eigenvalue weighted by Gasteiger charge is 2.15. The van der Waals surface area contributed by atoms with Gasteiger partial charge in [-0.3, -0.25) is 4.98 Å². The van der Waals surface area contributed by atoms with Crippen LogP contribution in [0.25, 0.3) is 11.0 Å². The maximum absolute atomic E-state index is 12.0. The second-order valence-electron chi connectivity index (χ2n) is 4.25. The van der Waals surface area contributed by atoms with Gasteiger partial charge in [-0.15, -0.1) is 0 Å². The number of nitrogens with one attached hydrogen (secondary N) is 1. The van der Waals surface area contributed by atoms with Gasteiger partial charge in [-0.1, -0.05) is 18.6 Å². The van der Waals surface area contributed by atoms with Gasteiger partial charge in [-0.2, -0.15) is 4.98 Å². The standard InChI is InChI=1S/C13H18N2O2S/c16-9-5-1-2-6-10-18(17)13-14-11-7-3-4-8-12(11)15-13/h3-4,7-8,16H,1-2,5-6,9-10H2,(H,14,15). The minimum atomic E-state index is -1.05. The molecule has 0 aliphatic rings. The zero-order valence-electron chi connectivity index (χ0n) is 10.3. The predicted octanol–water partition coefficient (Wildman–Crippen LogP) is 2.22. The Morgan fingerprint density at radius 2 is 1.94 bits per heavy atom. The largest absolute Gasteiger partial charge is 0.609 e. The number of rotatable bonds is 7. The van der Waals surface area contributed by atoms with E-state index < -0.39 is 11.2 Å². The van der Waals surface area contributed by atoms with Crippen LogP contribution < -0.4 is 0 Å². The van der Waals surface area contributed by atoms with Crippen molar-refractivity contribution in [2.45, 2.75) is 30.8 Å². The van der Waals surface area contributed by atoms with E-state index >= 15 is 0 Å². The number of nitrogens with zero attached hydrogens (tertiary/aromatic N) is 1. The Kier molecular flexibility index (Phi) is 5.04. The van der Waals surface area contributed by atoms with Gasteiger partial charge in [0.05, 0.1) is 11.0 Å². The molecular weight excluding hydrogens is 248 g/mol. The van der Waals surface area contributed by atoms with Crippen LogP contribution in [-0.2, 0) is 11.2 Å². The Balaban J connectivity index is 1.86. The third kappa shape index (κ3) is 3.48. The van der Waals surface area contributed by atoms with Crippen LogP contribution in [0.4, 0.5) is 0 Å². The molecule has 0 aliphatic carbocycles. The molecule has 4 nitrogen and oxygen atoms in total. The van der Waals surface area contributed by atoms with Crippen LogP contribution in [0.5, 0.6) is 0 Å². The fraction of sp³-hybridized carbons (Fsp3) is 0.462. The van der Waals surface area contributed by atoms with E-state index in [1.807, 2.05) is 24.3 Å². The summed E-state index contributed by atoms with van der Waals surface area (Å²) in [4.78, 5) is 7.43. The molecule has 0 aliphatic heterocycles. The fourth-order valence-electron chi connectivity index (χ4n) is 1.83. The van der Waals surface area contributed by atoms with E-state index in [-0.39, 0.29) is 6.61 Å². The normalized spacial score (nSPS) is 13.0. The van der Waals surface area contributed by atoms with Gasteiger partial charge in [-0.05, 0) is 31.4 Å². The Bertz CT molecular complexity index is 454. The molecule has 98 valence electrons. The molecule has 0 saturated carbocycles. The van der Waals surface area contributed by atoms with E-state index in [4.69, 9.17) is 5.11 Å².